The van der Waals surface area contributed by atoms with Gasteiger partial charge in [-0.1, -0.05) is 6.07 Å². The zero-order valence-electron chi connectivity index (χ0n) is 9.79. The Bertz CT molecular complexity index is 359. The normalized spacial score (nSPS) is 10.5. The molecule has 0 radical (unpaired) electrons. The number of nitrogens with one attached hydrogen (secondary N) is 1. The lowest BCUT2D eigenvalue weighted by Crippen LogP contribution is -2.27. The second kappa shape index (κ2) is 4.94. The quantitative estimate of drug-likeness (QED) is 0.818. The summed E-state index contributed by atoms with van der Waals surface area (Å²) < 4.78 is 0. The van der Waals surface area contributed by atoms with E-state index in [1.165, 1.54) is 11.1 Å². The molecule has 1 N–H and O–H groups in total. The Labute approximate surface area is 91.1 Å². The van der Waals surface area contributed by atoms with Crippen LogP contribution >= 0.6 is 0 Å². The molecule has 0 aromatic heterocycles. The Balaban J connectivity index is 2.65. The molecule has 0 aliphatic carbocycles. The number of aryl methyl sites for hydroxylation is 2. The summed E-state index contributed by atoms with van der Waals surface area (Å²) in [5.74, 6) is 0.0169. The van der Waals surface area contributed by atoms with Gasteiger partial charge in [0.25, 0.3) is 0 Å². The number of benzene rings is 1. The van der Waals surface area contributed by atoms with Crippen molar-refractivity contribution in [3.8, 4) is 0 Å². The van der Waals surface area contributed by atoms with Crippen molar-refractivity contribution in [2.75, 3.05) is 26.0 Å². The number of anilines is 1. The van der Waals surface area contributed by atoms with Gasteiger partial charge in [0.1, 0.15) is 0 Å². The third kappa shape index (κ3) is 3.72. The molecule has 1 amide bonds. The molecule has 0 atom stereocenters. The Morgan fingerprint density at radius 2 is 1.93 bits per heavy atom. The first-order valence-corrected chi connectivity index (χ1v) is 5.01. The molecule has 0 saturated heterocycles. The van der Waals surface area contributed by atoms with Gasteiger partial charge in [0, 0.05) is 5.69 Å². The first kappa shape index (κ1) is 11.7. The number of nitrogens with zero attached hydrogens (tertiary/aromatic N) is 1. The van der Waals surface area contributed by atoms with Crippen LogP contribution in [0.3, 0.4) is 0 Å². The molecule has 0 spiro atoms. The van der Waals surface area contributed by atoms with Gasteiger partial charge in [0.15, 0.2) is 0 Å². The van der Waals surface area contributed by atoms with Crippen molar-refractivity contribution < 1.29 is 4.79 Å². The molecular formula is C12H18N2O. The van der Waals surface area contributed by atoms with Crippen LogP contribution in [0.2, 0.25) is 0 Å². The van der Waals surface area contributed by atoms with E-state index in [4.69, 9.17) is 0 Å². The molecule has 3 nitrogen and oxygen atoms in total. The summed E-state index contributed by atoms with van der Waals surface area (Å²) in [6, 6.07) is 5.93. The van der Waals surface area contributed by atoms with Crippen LogP contribution in [0, 0.1) is 13.8 Å². The van der Waals surface area contributed by atoms with E-state index in [-0.39, 0.29) is 5.91 Å². The minimum Gasteiger partial charge on any atom is -0.325 e. The molecule has 0 saturated carbocycles. The van der Waals surface area contributed by atoms with E-state index in [0.29, 0.717) is 6.54 Å². The van der Waals surface area contributed by atoms with Crippen molar-refractivity contribution in [2.24, 2.45) is 0 Å². The van der Waals surface area contributed by atoms with Gasteiger partial charge in [-0.25, -0.2) is 0 Å². The summed E-state index contributed by atoms with van der Waals surface area (Å²) in [4.78, 5) is 13.3. The van der Waals surface area contributed by atoms with Crippen molar-refractivity contribution in [1.82, 2.24) is 4.90 Å². The highest BCUT2D eigenvalue weighted by Crippen LogP contribution is 2.13. The number of amides is 1. The van der Waals surface area contributed by atoms with Crippen LogP contribution in [0.25, 0.3) is 0 Å². The van der Waals surface area contributed by atoms with Gasteiger partial charge < -0.3 is 10.2 Å². The van der Waals surface area contributed by atoms with E-state index in [9.17, 15) is 4.79 Å². The fraction of sp³-hybridized carbons (Fsp3) is 0.417. The Hall–Kier alpha value is -1.35. The number of likely N-dealkylation sites (N-methyl/N-ethyl adjacent to an activating group) is 1. The number of carbonyl (C=O) groups excluding carboxylic acids is 1. The number of rotatable bonds is 3. The van der Waals surface area contributed by atoms with Crippen molar-refractivity contribution in [3.05, 3.63) is 29.3 Å². The maximum Gasteiger partial charge on any atom is 0.238 e. The van der Waals surface area contributed by atoms with Crippen LogP contribution in [0.4, 0.5) is 5.69 Å². The zero-order valence-corrected chi connectivity index (χ0v) is 9.79. The molecule has 1 aromatic carbocycles. The van der Waals surface area contributed by atoms with Crippen molar-refractivity contribution in [1.29, 1.82) is 0 Å². The van der Waals surface area contributed by atoms with Crippen LogP contribution in [0.1, 0.15) is 11.1 Å². The predicted molar refractivity (Wildman–Crippen MR) is 63.1 cm³/mol. The van der Waals surface area contributed by atoms with E-state index in [1.54, 1.807) is 0 Å². The average molecular weight is 206 g/mol. The summed E-state index contributed by atoms with van der Waals surface area (Å²) in [5, 5.41) is 2.86. The molecule has 82 valence electrons. The Morgan fingerprint density at radius 1 is 1.27 bits per heavy atom. The lowest BCUT2D eigenvalue weighted by molar-refractivity contribution is -0.116. The Kier molecular flexibility index (Phi) is 3.86. The second-order valence-corrected chi connectivity index (χ2v) is 4.08. The van der Waals surface area contributed by atoms with Crippen LogP contribution in [-0.4, -0.2) is 31.4 Å². The van der Waals surface area contributed by atoms with Gasteiger partial charge in [-0.2, -0.15) is 0 Å². The largest absolute Gasteiger partial charge is 0.325 e. The summed E-state index contributed by atoms with van der Waals surface area (Å²) in [7, 11) is 3.75. The molecule has 0 fully saturated rings. The summed E-state index contributed by atoms with van der Waals surface area (Å²) in [6.07, 6.45) is 0. The van der Waals surface area contributed by atoms with Crippen molar-refractivity contribution in [2.45, 2.75) is 13.8 Å². The molecule has 1 rings (SSSR count). The van der Waals surface area contributed by atoms with Gasteiger partial charge in [0.05, 0.1) is 6.54 Å². The van der Waals surface area contributed by atoms with E-state index >= 15 is 0 Å². The topological polar surface area (TPSA) is 32.3 Å². The molecule has 1 aromatic rings. The maximum absolute atomic E-state index is 11.5. The van der Waals surface area contributed by atoms with Gasteiger partial charge in [-0.05, 0) is 51.2 Å². The van der Waals surface area contributed by atoms with E-state index in [2.05, 4.69) is 12.2 Å². The zero-order chi connectivity index (χ0) is 11.4. The molecular weight excluding hydrogens is 188 g/mol. The summed E-state index contributed by atoms with van der Waals surface area (Å²) in [5.41, 5.74) is 3.29. The van der Waals surface area contributed by atoms with Crippen molar-refractivity contribution in [3.63, 3.8) is 0 Å². The maximum atomic E-state index is 11.5. The molecule has 0 aliphatic rings. The minimum atomic E-state index is 0.0169. The highest BCUT2D eigenvalue weighted by Gasteiger charge is 2.03. The molecule has 3 heteroatoms. The van der Waals surface area contributed by atoms with E-state index < -0.39 is 0 Å². The minimum absolute atomic E-state index is 0.0169. The molecule has 0 bridgehead atoms. The number of hydrogen-bond donors (Lipinski definition) is 1. The highest BCUT2D eigenvalue weighted by molar-refractivity contribution is 5.92. The smallest absolute Gasteiger partial charge is 0.238 e. The molecule has 15 heavy (non-hydrogen) atoms. The summed E-state index contributed by atoms with van der Waals surface area (Å²) in [6.45, 7) is 4.50. The van der Waals surface area contributed by atoms with E-state index in [0.717, 1.165) is 5.69 Å². The van der Waals surface area contributed by atoms with Crippen LogP contribution in [0.15, 0.2) is 18.2 Å². The van der Waals surface area contributed by atoms with Crippen LogP contribution in [-0.2, 0) is 4.79 Å². The second-order valence-electron chi connectivity index (χ2n) is 4.08. The lowest BCUT2D eigenvalue weighted by atomic mass is 10.1. The fourth-order valence-electron chi connectivity index (χ4n) is 1.31. The van der Waals surface area contributed by atoms with Gasteiger partial charge in [-0.3, -0.25) is 4.79 Å². The number of carbonyl (C=O) groups is 1. The van der Waals surface area contributed by atoms with Crippen LogP contribution < -0.4 is 5.32 Å². The van der Waals surface area contributed by atoms with Gasteiger partial charge >= 0.3 is 0 Å². The monoisotopic (exact) mass is 206 g/mol. The standard InChI is InChI=1S/C12H18N2O/c1-9-5-6-11(7-10(9)2)13-12(15)8-14(3)4/h5-7H,8H2,1-4H3,(H,13,15). The SMILES string of the molecule is Cc1ccc(NC(=O)CN(C)C)cc1C. The predicted octanol–water partition coefficient (Wildman–Crippen LogP) is 1.80. The first-order chi connectivity index (χ1) is 6.99. The lowest BCUT2D eigenvalue weighted by Gasteiger charge is -2.11. The molecule has 0 unspecified atom stereocenters. The molecule has 0 heterocycles. The van der Waals surface area contributed by atoms with Crippen molar-refractivity contribution >= 4 is 11.6 Å². The first-order valence-electron chi connectivity index (χ1n) is 5.01. The Morgan fingerprint density at radius 3 is 2.47 bits per heavy atom. The third-order valence-electron chi connectivity index (χ3n) is 2.25. The molecule has 0 aliphatic heterocycles. The van der Waals surface area contributed by atoms with Gasteiger partial charge in [-0.15, -0.1) is 0 Å². The van der Waals surface area contributed by atoms with E-state index in [1.807, 2.05) is 44.1 Å². The van der Waals surface area contributed by atoms with Crippen LogP contribution in [0.5, 0.6) is 0 Å². The fourth-order valence-corrected chi connectivity index (χ4v) is 1.31. The van der Waals surface area contributed by atoms with Gasteiger partial charge in [0.2, 0.25) is 5.91 Å². The summed E-state index contributed by atoms with van der Waals surface area (Å²) >= 11 is 0. The average Bonchev–Trinajstić information content (AvgIpc) is 2.10. The highest BCUT2D eigenvalue weighted by atomic mass is 16.2. The number of hydrogen-bond acceptors (Lipinski definition) is 2. The third-order valence-corrected chi connectivity index (χ3v) is 2.25.